The molecular weight excluding hydrogens is 459 g/mol. The van der Waals surface area contributed by atoms with E-state index in [1.165, 1.54) is 11.0 Å². The van der Waals surface area contributed by atoms with Crippen molar-refractivity contribution in [3.05, 3.63) is 77.2 Å². The third-order valence-electron chi connectivity index (χ3n) is 6.38. The summed E-state index contributed by atoms with van der Waals surface area (Å²) in [6.07, 6.45) is -4.25. The lowest BCUT2D eigenvalue weighted by Gasteiger charge is -2.43. The molecule has 2 aliphatic rings. The Hall–Kier alpha value is -3.42. The Morgan fingerprint density at radius 1 is 1.06 bits per heavy atom. The molecule has 1 amide bonds. The number of rotatable bonds is 4. The lowest BCUT2D eigenvalue weighted by Crippen LogP contribution is -2.50. The normalized spacial score (nSPS) is 20.7. The molecule has 0 unspecified atom stereocenters. The number of carbonyl (C=O) groups is 1. The molecule has 1 atom stereocenters. The Morgan fingerprint density at radius 2 is 1.80 bits per heavy atom. The molecule has 3 heterocycles. The van der Waals surface area contributed by atoms with E-state index in [9.17, 15) is 18.0 Å². The van der Waals surface area contributed by atoms with Crippen molar-refractivity contribution in [3.63, 3.8) is 0 Å². The number of halogens is 3. The van der Waals surface area contributed by atoms with E-state index in [1.807, 2.05) is 64.1 Å². The van der Waals surface area contributed by atoms with Crippen LogP contribution < -0.4 is 14.4 Å². The number of hydrogen-bond acceptors (Lipinski definition) is 4. The molecule has 1 aromatic heterocycles. The van der Waals surface area contributed by atoms with Gasteiger partial charge < -0.3 is 18.8 Å². The van der Waals surface area contributed by atoms with Gasteiger partial charge in [0.05, 0.1) is 12.6 Å². The highest BCUT2D eigenvalue weighted by Gasteiger charge is 2.58. The maximum Gasteiger partial charge on any atom is 0.449 e. The van der Waals surface area contributed by atoms with Crippen molar-refractivity contribution in [2.45, 2.75) is 64.0 Å². The Labute approximate surface area is 201 Å². The number of benzene rings is 2. The molecule has 0 N–H and O–H groups in total. The van der Waals surface area contributed by atoms with Gasteiger partial charge in [-0.2, -0.15) is 13.2 Å². The summed E-state index contributed by atoms with van der Waals surface area (Å²) < 4.78 is 56.4. The largest absolute Gasteiger partial charge is 0.491 e. The van der Waals surface area contributed by atoms with Crippen LogP contribution in [0.3, 0.4) is 0 Å². The lowest BCUT2D eigenvalue weighted by atomic mass is 9.67. The number of ether oxygens (including phenoxy) is 2. The summed E-state index contributed by atoms with van der Waals surface area (Å²) >= 11 is 0. The van der Waals surface area contributed by atoms with Crippen LogP contribution in [-0.4, -0.2) is 17.6 Å². The molecule has 0 radical (unpaired) electrons. The third-order valence-corrected chi connectivity index (χ3v) is 6.38. The molecule has 5 nitrogen and oxygen atoms in total. The minimum absolute atomic E-state index is 0.0298. The summed E-state index contributed by atoms with van der Waals surface area (Å²) in [5.41, 5.74) is 0.416. The van der Waals surface area contributed by atoms with Gasteiger partial charge in [0.2, 0.25) is 11.7 Å². The number of para-hydroxylation sites is 1. The summed E-state index contributed by atoms with van der Waals surface area (Å²) in [4.78, 5) is 15.7. The molecule has 0 saturated heterocycles. The summed E-state index contributed by atoms with van der Waals surface area (Å²) in [5, 5.41) is 0. The average Bonchev–Trinajstić information content (AvgIpc) is 3.31. The smallest absolute Gasteiger partial charge is 0.449 e. The first-order chi connectivity index (χ1) is 16.4. The molecular formula is C27H26F3NO4. The predicted molar refractivity (Wildman–Crippen MR) is 124 cm³/mol. The van der Waals surface area contributed by atoms with Crippen molar-refractivity contribution in [1.29, 1.82) is 0 Å². The average molecular weight is 486 g/mol. The van der Waals surface area contributed by atoms with Crippen molar-refractivity contribution < 1.29 is 31.9 Å². The van der Waals surface area contributed by atoms with Gasteiger partial charge in [-0.25, -0.2) is 0 Å². The van der Waals surface area contributed by atoms with Gasteiger partial charge in [0.1, 0.15) is 28.3 Å². The van der Waals surface area contributed by atoms with Crippen LogP contribution in [0.1, 0.15) is 56.8 Å². The molecule has 8 heteroatoms. The lowest BCUT2D eigenvalue weighted by molar-refractivity contribution is -0.153. The maximum absolute atomic E-state index is 14.2. The van der Waals surface area contributed by atoms with Crippen LogP contribution in [-0.2, 0) is 22.9 Å². The van der Waals surface area contributed by atoms with Crippen LogP contribution in [0, 0.1) is 0 Å². The van der Waals surface area contributed by atoms with Crippen molar-refractivity contribution in [2.75, 3.05) is 4.90 Å². The van der Waals surface area contributed by atoms with E-state index in [4.69, 9.17) is 13.9 Å². The number of amides is 1. The Balaban J connectivity index is 1.62. The zero-order valence-electron chi connectivity index (χ0n) is 19.9. The van der Waals surface area contributed by atoms with Crippen LogP contribution in [0.5, 0.6) is 11.5 Å². The molecule has 5 rings (SSSR count). The molecule has 184 valence electrons. The zero-order chi connectivity index (χ0) is 25.2. The van der Waals surface area contributed by atoms with E-state index in [1.54, 1.807) is 6.07 Å². The van der Waals surface area contributed by atoms with Crippen LogP contribution in [0.25, 0.3) is 0 Å². The second-order valence-corrected chi connectivity index (χ2v) is 9.94. The number of hydrogen-bond donors (Lipinski definition) is 0. The van der Waals surface area contributed by atoms with Gasteiger partial charge >= 0.3 is 6.18 Å². The number of alkyl halides is 3. The molecule has 2 aromatic carbocycles. The van der Waals surface area contributed by atoms with Crippen molar-refractivity contribution in [3.8, 4) is 11.5 Å². The highest BCUT2D eigenvalue weighted by atomic mass is 19.4. The second-order valence-electron chi connectivity index (χ2n) is 9.94. The number of nitrogens with zero attached hydrogens (tertiary/aromatic N) is 1. The molecule has 35 heavy (non-hydrogen) atoms. The first-order valence-electron chi connectivity index (χ1n) is 11.5. The molecule has 1 spiro atoms. The fraction of sp³-hybridized carbons (Fsp3) is 0.370. The Bertz CT molecular complexity index is 1290. The summed E-state index contributed by atoms with van der Waals surface area (Å²) in [6.45, 7) is 7.60. The summed E-state index contributed by atoms with van der Waals surface area (Å²) in [5.74, 6) is -0.0554. The van der Waals surface area contributed by atoms with Gasteiger partial charge in [0.15, 0.2) is 0 Å². The maximum atomic E-state index is 14.2. The van der Waals surface area contributed by atoms with Crippen molar-refractivity contribution >= 4 is 11.6 Å². The minimum Gasteiger partial charge on any atom is -0.491 e. The SMILES string of the molecule is CC(C)Oc1ccc2c(c1)OC(C)(C)C[C@]21C(=O)N(Cc2ccc(C(F)(F)F)o2)c2ccccc21. The first-order valence-corrected chi connectivity index (χ1v) is 11.5. The summed E-state index contributed by atoms with van der Waals surface area (Å²) in [6, 6.07) is 15.0. The minimum atomic E-state index is -4.59. The second kappa shape index (κ2) is 7.80. The molecule has 2 aliphatic heterocycles. The quantitative estimate of drug-likeness (QED) is 0.425. The highest BCUT2D eigenvalue weighted by Crippen LogP contribution is 2.56. The van der Waals surface area contributed by atoms with E-state index < -0.39 is 23.0 Å². The van der Waals surface area contributed by atoms with E-state index in [0.29, 0.717) is 29.2 Å². The molecule has 0 bridgehead atoms. The van der Waals surface area contributed by atoms with Crippen LogP contribution in [0.2, 0.25) is 0 Å². The fourth-order valence-electron chi connectivity index (χ4n) is 5.24. The van der Waals surface area contributed by atoms with E-state index in [-0.39, 0.29) is 24.3 Å². The fourth-order valence-corrected chi connectivity index (χ4v) is 5.24. The van der Waals surface area contributed by atoms with Crippen LogP contribution in [0.4, 0.5) is 18.9 Å². The van der Waals surface area contributed by atoms with Gasteiger partial charge in [0.25, 0.3) is 0 Å². The standard InChI is InChI=1S/C27H26F3NO4/c1-16(2)33-17-9-11-20-22(13-17)35-25(3,4)15-26(20)19-7-5-6-8-21(19)31(24(26)32)14-18-10-12-23(34-18)27(28,29)30/h5-13,16H,14-15H2,1-4H3/t26-/m1/s1. The molecule has 0 fully saturated rings. The molecule has 0 saturated carbocycles. The predicted octanol–water partition coefficient (Wildman–Crippen LogP) is 6.48. The molecule has 3 aromatic rings. The molecule has 0 aliphatic carbocycles. The van der Waals surface area contributed by atoms with Gasteiger partial charge in [0, 0.05) is 23.7 Å². The van der Waals surface area contributed by atoms with Crippen LogP contribution >= 0.6 is 0 Å². The highest BCUT2D eigenvalue weighted by molar-refractivity contribution is 6.11. The van der Waals surface area contributed by atoms with E-state index in [2.05, 4.69) is 0 Å². The Morgan fingerprint density at radius 3 is 2.49 bits per heavy atom. The van der Waals surface area contributed by atoms with Gasteiger partial charge in [-0.1, -0.05) is 24.3 Å². The monoisotopic (exact) mass is 485 g/mol. The van der Waals surface area contributed by atoms with Gasteiger partial charge in [-0.05, 0) is 57.5 Å². The number of furan rings is 1. The van der Waals surface area contributed by atoms with Gasteiger partial charge in [-0.15, -0.1) is 0 Å². The van der Waals surface area contributed by atoms with Crippen molar-refractivity contribution in [2.24, 2.45) is 0 Å². The van der Waals surface area contributed by atoms with Crippen molar-refractivity contribution in [1.82, 2.24) is 0 Å². The summed E-state index contributed by atoms with van der Waals surface area (Å²) in [7, 11) is 0. The number of carbonyl (C=O) groups excluding carboxylic acids is 1. The number of fused-ring (bicyclic) bond motifs is 4. The Kier molecular flexibility index (Phi) is 5.20. The first kappa shape index (κ1) is 23.3. The van der Waals surface area contributed by atoms with E-state index in [0.717, 1.165) is 11.6 Å². The zero-order valence-corrected chi connectivity index (χ0v) is 19.9. The number of anilines is 1. The van der Waals surface area contributed by atoms with Gasteiger partial charge in [-0.3, -0.25) is 4.79 Å². The topological polar surface area (TPSA) is 51.9 Å². The third kappa shape index (κ3) is 3.85. The van der Waals surface area contributed by atoms with E-state index >= 15 is 0 Å². The van der Waals surface area contributed by atoms with Crippen LogP contribution in [0.15, 0.2) is 59.0 Å².